The predicted molar refractivity (Wildman–Crippen MR) is 98.4 cm³/mol. The Morgan fingerprint density at radius 3 is 2.72 bits per heavy atom. The molecule has 0 unspecified atom stereocenters. The maximum Gasteiger partial charge on any atom is 0.171 e. The molecule has 0 saturated carbocycles. The van der Waals surface area contributed by atoms with Gasteiger partial charge in [-0.05, 0) is 12.1 Å². The van der Waals surface area contributed by atoms with Crippen LogP contribution in [-0.4, -0.2) is 25.7 Å². The molecule has 0 radical (unpaired) electrons. The summed E-state index contributed by atoms with van der Waals surface area (Å²) < 4.78 is 0. The molecule has 0 aliphatic carbocycles. The molecule has 124 valence electrons. The fourth-order valence-electron chi connectivity index (χ4n) is 2.92. The maximum absolute atomic E-state index is 12.7. The number of Topliss-reactive ketones (excluding diaryl/α,β-unsaturated/α-hetero) is 1. The Balaban J connectivity index is 1.93. The van der Waals surface area contributed by atoms with Crippen LogP contribution in [-0.2, 0) is 0 Å². The molecule has 1 aromatic carbocycles. The molecular formula is C20H18N4O. The van der Waals surface area contributed by atoms with E-state index in [1.807, 2.05) is 51.1 Å². The molecule has 0 amide bonds. The lowest BCUT2D eigenvalue weighted by molar-refractivity contribution is 0.0860. The molecule has 0 saturated heterocycles. The Morgan fingerprint density at radius 2 is 1.92 bits per heavy atom. The monoisotopic (exact) mass is 330 g/mol. The number of carbonyl (C=O) groups is 1. The normalized spacial score (nSPS) is 12.0. The molecule has 0 atom stereocenters. The zero-order valence-electron chi connectivity index (χ0n) is 14.4. The number of hydrogen-bond donors (Lipinski definition) is 1. The van der Waals surface area contributed by atoms with Crippen LogP contribution < -0.4 is 0 Å². The first-order valence-corrected chi connectivity index (χ1v) is 8.18. The third kappa shape index (κ3) is 2.58. The van der Waals surface area contributed by atoms with Crippen LogP contribution in [0, 0.1) is 5.41 Å². The molecule has 0 spiro atoms. The van der Waals surface area contributed by atoms with Gasteiger partial charge in [0.25, 0.3) is 0 Å². The zero-order chi connectivity index (χ0) is 17.6. The third-order valence-corrected chi connectivity index (χ3v) is 4.23. The van der Waals surface area contributed by atoms with E-state index in [9.17, 15) is 4.79 Å². The van der Waals surface area contributed by atoms with Crippen molar-refractivity contribution in [3.63, 3.8) is 0 Å². The number of nitrogens with one attached hydrogen (secondary N) is 1. The van der Waals surface area contributed by atoms with Gasteiger partial charge in [0.15, 0.2) is 11.4 Å². The molecule has 3 heterocycles. The highest BCUT2D eigenvalue weighted by Gasteiger charge is 2.26. The Hall–Kier alpha value is -3.08. The van der Waals surface area contributed by atoms with Crippen molar-refractivity contribution in [2.45, 2.75) is 20.8 Å². The van der Waals surface area contributed by atoms with Crippen molar-refractivity contribution in [1.29, 1.82) is 0 Å². The predicted octanol–water partition coefficient (Wildman–Crippen LogP) is 4.40. The first kappa shape index (κ1) is 15.4. The van der Waals surface area contributed by atoms with Crippen LogP contribution in [0.25, 0.3) is 33.3 Å². The Morgan fingerprint density at radius 1 is 1.08 bits per heavy atom. The average molecular weight is 330 g/mol. The van der Waals surface area contributed by atoms with E-state index in [1.165, 1.54) is 0 Å². The van der Waals surface area contributed by atoms with Crippen LogP contribution in [0.4, 0.5) is 0 Å². The number of benzene rings is 1. The van der Waals surface area contributed by atoms with E-state index < -0.39 is 5.41 Å². The second-order valence-electron chi connectivity index (χ2n) is 7.11. The van der Waals surface area contributed by atoms with Gasteiger partial charge in [-0.15, -0.1) is 0 Å². The summed E-state index contributed by atoms with van der Waals surface area (Å²) in [5.74, 6) is 0.0461. The molecular weight excluding hydrogens is 312 g/mol. The minimum atomic E-state index is -0.476. The Labute approximate surface area is 145 Å². The summed E-state index contributed by atoms with van der Waals surface area (Å²) in [6.07, 6.45) is 5.20. The second-order valence-corrected chi connectivity index (χ2v) is 7.11. The fraction of sp³-hybridized carbons (Fsp3) is 0.200. The van der Waals surface area contributed by atoms with Gasteiger partial charge in [-0.2, -0.15) is 0 Å². The molecule has 1 N–H and O–H groups in total. The van der Waals surface area contributed by atoms with Gasteiger partial charge in [0, 0.05) is 28.8 Å². The number of carbonyl (C=O) groups excluding carboxylic acids is 1. The van der Waals surface area contributed by atoms with Crippen molar-refractivity contribution in [3.05, 3.63) is 54.5 Å². The van der Waals surface area contributed by atoms with Gasteiger partial charge in [-0.25, -0.2) is 9.97 Å². The summed E-state index contributed by atoms with van der Waals surface area (Å²) in [5.41, 5.74) is 3.92. The van der Waals surface area contributed by atoms with Crippen molar-refractivity contribution in [3.8, 4) is 11.3 Å². The van der Waals surface area contributed by atoms with Crippen molar-refractivity contribution in [1.82, 2.24) is 19.9 Å². The highest BCUT2D eigenvalue weighted by molar-refractivity contribution is 6.08. The van der Waals surface area contributed by atoms with Gasteiger partial charge in [0.05, 0.1) is 23.0 Å². The molecule has 25 heavy (non-hydrogen) atoms. The van der Waals surface area contributed by atoms with E-state index >= 15 is 0 Å². The van der Waals surface area contributed by atoms with Gasteiger partial charge >= 0.3 is 0 Å². The SMILES string of the molecule is CC(C)(C)C(=O)c1c[nH]c2ncc(-c3cccc4ncccc34)nc12. The first-order valence-electron chi connectivity index (χ1n) is 8.18. The first-order chi connectivity index (χ1) is 11.9. The summed E-state index contributed by atoms with van der Waals surface area (Å²) in [5, 5.41) is 1.01. The van der Waals surface area contributed by atoms with Crippen molar-refractivity contribution < 1.29 is 4.79 Å². The van der Waals surface area contributed by atoms with Crippen LogP contribution in [0.15, 0.2) is 48.9 Å². The highest BCUT2D eigenvalue weighted by atomic mass is 16.1. The number of aromatic amines is 1. The molecule has 5 heteroatoms. The van der Waals surface area contributed by atoms with E-state index in [2.05, 4.69) is 15.0 Å². The minimum Gasteiger partial charge on any atom is -0.344 e. The van der Waals surface area contributed by atoms with E-state index in [0.717, 1.165) is 22.2 Å². The van der Waals surface area contributed by atoms with Gasteiger partial charge in [-0.1, -0.05) is 39.0 Å². The number of fused-ring (bicyclic) bond motifs is 2. The molecule has 0 aliphatic heterocycles. The number of pyridine rings is 1. The summed E-state index contributed by atoms with van der Waals surface area (Å²) >= 11 is 0. The van der Waals surface area contributed by atoms with Gasteiger partial charge in [0.2, 0.25) is 0 Å². The molecule has 3 aromatic heterocycles. The quantitative estimate of drug-likeness (QED) is 0.553. The van der Waals surface area contributed by atoms with Gasteiger partial charge in [-0.3, -0.25) is 9.78 Å². The van der Waals surface area contributed by atoms with E-state index in [4.69, 9.17) is 4.98 Å². The fourth-order valence-corrected chi connectivity index (χ4v) is 2.92. The number of rotatable bonds is 2. The number of ketones is 1. The molecule has 0 bridgehead atoms. The summed E-state index contributed by atoms with van der Waals surface area (Å²) in [6, 6.07) is 9.84. The lowest BCUT2D eigenvalue weighted by Gasteiger charge is -2.15. The van der Waals surface area contributed by atoms with E-state index in [-0.39, 0.29) is 5.78 Å². The summed E-state index contributed by atoms with van der Waals surface area (Å²) in [7, 11) is 0. The van der Waals surface area contributed by atoms with Gasteiger partial charge < -0.3 is 4.98 Å². The molecule has 5 nitrogen and oxygen atoms in total. The summed E-state index contributed by atoms with van der Waals surface area (Å²) in [6.45, 7) is 5.71. The molecule has 4 rings (SSSR count). The maximum atomic E-state index is 12.7. The number of hydrogen-bond acceptors (Lipinski definition) is 4. The number of H-pyrrole nitrogens is 1. The van der Waals surface area contributed by atoms with Crippen LogP contribution >= 0.6 is 0 Å². The van der Waals surface area contributed by atoms with Crippen LogP contribution in [0.2, 0.25) is 0 Å². The minimum absolute atomic E-state index is 0.0461. The molecule has 0 aliphatic rings. The second kappa shape index (κ2) is 5.48. The Bertz CT molecular complexity index is 1100. The smallest absolute Gasteiger partial charge is 0.171 e. The molecule has 4 aromatic rings. The van der Waals surface area contributed by atoms with E-state index in [1.54, 1.807) is 18.6 Å². The van der Waals surface area contributed by atoms with Crippen molar-refractivity contribution >= 4 is 27.9 Å². The highest BCUT2D eigenvalue weighted by Crippen LogP contribution is 2.29. The van der Waals surface area contributed by atoms with Crippen LogP contribution in [0.1, 0.15) is 31.1 Å². The largest absolute Gasteiger partial charge is 0.344 e. The Kier molecular flexibility index (Phi) is 3.39. The van der Waals surface area contributed by atoms with Gasteiger partial charge in [0.1, 0.15) is 5.52 Å². The third-order valence-electron chi connectivity index (χ3n) is 4.23. The number of aromatic nitrogens is 4. The van der Waals surface area contributed by atoms with E-state index in [0.29, 0.717) is 16.7 Å². The van der Waals surface area contributed by atoms with Crippen molar-refractivity contribution in [2.24, 2.45) is 5.41 Å². The zero-order valence-corrected chi connectivity index (χ0v) is 14.4. The average Bonchev–Trinajstić information content (AvgIpc) is 3.02. The lowest BCUT2D eigenvalue weighted by Crippen LogP contribution is -2.20. The molecule has 0 fully saturated rings. The topological polar surface area (TPSA) is 71.5 Å². The standard InChI is InChI=1S/C20H18N4O/c1-20(2,3)18(25)14-10-22-19-17(14)24-16(11-23-19)13-6-4-8-15-12(13)7-5-9-21-15/h4-11H,1-3H3,(H,22,23). The van der Waals surface area contributed by atoms with Crippen molar-refractivity contribution in [2.75, 3.05) is 0 Å². The van der Waals surface area contributed by atoms with Crippen LogP contribution in [0.5, 0.6) is 0 Å². The number of nitrogens with zero attached hydrogens (tertiary/aromatic N) is 3. The lowest BCUT2D eigenvalue weighted by atomic mass is 9.87. The summed E-state index contributed by atoms with van der Waals surface area (Å²) in [4.78, 5) is 29.3. The van der Waals surface area contributed by atoms with Crippen LogP contribution in [0.3, 0.4) is 0 Å².